The smallest absolute Gasteiger partial charge is 0.310 e. The van der Waals surface area contributed by atoms with Crippen LogP contribution in [0.15, 0.2) is 25.0 Å². The molecule has 0 rings (SSSR count). The molecule has 0 aliphatic rings. The number of hydrogen-bond donors (Lipinski definition) is 0. The highest BCUT2D eigenvalue weighted by Crippen LogP contribution is 2.19. The third-order valence-corrected chi connectivity index (χ3v) is 2.60. The van der Waals surface area contributed by atoms with Gasteiger partial charge in [-0.25, -0.2) is 0 Å². The summed E-state index contributed by atoms with van der Waals surface area (Å²) in [4.78, 5) is 10.8. The van der Waals surface area contributed by atoms with Gasteiger partial charge in [-0.05, 0) is 30.8 Å². The van der Waals surface area contributed by atoms with Gasteiger partial charge in [-0.2, -0.15) is 0 Å². The number of carbonyl (C=O) groups excluding carboxylic acids is 1. The molecular weight excluding hydrogens is 188 g/mol. The van der Waals surface area contributed by atoms with Crippen LogP contribution in [0.5, 0.6) is 0 Å². The average Bonchev–Trinajstić information content (AvgIpc) is 2.23. The zero-order valence-corrected chi connectivity index (χ0v) is 10.0. The summed E-state index contributed by atoms with van der Waals surface area (Å²) in [5.41, 5.74) is 0. The monoisotopic (exact) mass is 210 g/mol. The minimum Gasteiger partial charge on any atom is -0.435 e. The zero-order valence-electron chi connectivity index (χ0n) is 10.0. The Hall–Kier alpha value is -1.05. The largest absolute Gasteiger partial charge is 0.435 e. The zero-order chi connectivity index (χ0) is 11.7. The molecule has 2 heteroatoms. The summed E-state index contributed by atoms with van der Waals surface area (Å²) in [6.45, 7) is 9.91. The molecular formula is C13H22O2. The number of ether oxygens (including phenoxy) is 1. The molecule has 0 amide bonds. The summed E-state index contributed by atoms with van der Waals surface area (Å²) in [6, 6.07) is 0. The van der Waals surface area contributed by atoms with E-state index in [1.807, 2.05) is 12.2 Å². The van der Waals surface area contributed by atoms with Gasteiger partial charge in [0.1, 0.15) is 0 Å². The van der Waals surface area contributed by atoms with Crippen molar-refractivity contribution in [1.29, 1.82) is 0 Å². The van der Waals surface area contributed by atoms with Crippen LogP contribution in [-0.4, -0.2) is 5.97 Å². The van der Waals surface area contributed by atoms with Crippen molar-refractivity contribution in [2.45, 2.75) is 40.0 Å². The van der Waals surface area contributed by atoms with E-state index < -0.39 is 0 Å². The number of hydrogen-bond acceptors (Lipinski definition) is 2. The molecule has 0 radical (unpaired) electrons. The molecule has 0 aromatic carbocycles. The Bertz CT molecular complexity index is 219. The molecule has 15 heavy (non-hydrogen) atoms. The van der Waals surface area contributed by atoms with Crippen LogP contribution >= 0.6 is 0 Å². The molecule has 0 N–H and O–H groups in total. The van der Waals surface area contributed by atoms with Crippen molar-refractivity contribution >= 4 is 5.97 Å². The third-order valence-electron chi connectivity index (χ3n) is 2.60. The minimum absolute atomic E-state index is 0.182. The first kappa shape index (κ1) is 13.9. The van der Waals surface area contributed by atoms with Crippen LogP contribution in [0.2, 0.25) is 0 Å². The summed E-state index contributed by atoms with van der Waals surface area (Å²) in [5.74, 6) is 1.02. The van der Waals surface area contributed by atoms with Gasteiger partial charge in [0.15, 0.2) is 0 Å². The fraction of sp³-hybridized carbons (Fsp3) is 0.615. The average molecular weight is 210 g/mol. The Labute approximate surface area is 93.0 Å². The highest BCUT2D eigenvalue weighted by molar-refractivity contribution is 5.69. The summed E-state index contributed by atoms with van der Waals surface area (Å²) < 4.78 is 4.84. The number of esters is 1. The van der Waals surface area contributed by atoms with Gasteiger partial charge in [-0.3, -0.25) is 4.79 Å². The lowest BCUT2D eigenvalue weighted by molar-refractivity contribution is -0.137. The fourth-order valence-electron chi connectivity index (χ4n) is 1.21. The first-order valence-electron chi connectivity index (χ1n) is 5.57. The van der Waals surface area contributed by atoms with E-state index in [0.717, 1.165) is 12.8 Å². The lowest BCUT2D eigenvalue weighted by atomic mass is 9.90. The number of rotatable bonds is 7. The molecule has 2 unspecified atom stereocenters. The van der Waals surface area contributed by atoms with E-state index in [-0.39, 0.29) is 5.97 Å². The fourth-order valence-corrected chi connectivity index (χ4v) is 1.21. The summed E-state index contributed by atoms with van der Waals surface area (Å²) >= 11 is 0. The molecule has 0 aliphatic heterocycles. The van der Waals surface area contributed by atoms with Gasteiger partial charge < -0.3 is 4.74 Å². The Morgan fingerprint density at radius 3 is 2.47 bits per heavy atom. The van der Waals surface area contributed by atoms with Crippen molar-refractivity contribution in [3.05, 3.63) is 25.0 Å². The highest BCUT2D eigenvalue weighted by atomic mass is 16.5. The Morgan fingerprint density at radius 2 is 1.93 bits per heavy atom. The van der Waals surface area contributed by atoms with Gasteiger partial charge in [0, 0.05) is 6.42 Å². The van der Waals surface area contributed by atoms with Crippen LogP contribution in [0.1, 0.15) is 40.0 Å². The first-order chi connectivity index (χ1) is 7.11. The summed E-state index contributed by atoms with van der Waals surface area (Å²) in [6.07, 6.45) is 7.76. The Morgan fingerprint density at radius 1 is 1.33 bits per heavy atom. The lowest BCUT2D eigenvalue weighted by Gasteiger charge is -2.15. The van der Waals surface area contributed by atoms with Crippen LogP contribution in [0, 0.1) is 11.8 Å². The molecule has 2 nitrogen and oxygen atoms in total. The van der Waals surface area contributed by atoms with Crippen LogP contribution in [0.4, 0.5) is 0 Å². The summed E-state index contributed by atoms with van der Waals surface area (Å²) in [7, 11) is 0. The SMILES string of the molecule is C=CCC(C)C(C)C/C=C/OC(=O)CC. The van der Waals surface area contributed by atoms with Crippen molar-refractivity contribution < 1.29 is 9.53 Å². The standard InChI is InChI=1S/C13H22O2/c1-5-8-11(3)12(4)9-7-10-15-13(14)6-2/h5,7,10-12H,1,6,8-9H2,2-4H3/b10-7+. The first-order valence-corrected chi connectivity index (χ1v) is 5.57. The van der Waals surface area contributed by atoms with E-state index in [9.17, 15) is 4.79 Å². The topological polar surface area (TPSA) is 26.3 Å². The number of allylic oxidation sites excluding steroid dienone is 2. The maximum Gasteiger partial charge on any atom is 0.310 e. The molecule has 0 aliphatic carbocycles. The second-order valence-electron chi connectivity index (χ2n) is 3.93. The van der Waals surface area contributed by atoms with Gasteiger partial charge in [0.2, 0.25) is 0 Å². The van der Waals surface area contributed by atoms with Crippen molar-refractivity contribution in [3.8, 4) is 0 Å². The normalized spacial score (nSPS) is 14.9. The van der Waals surface area contributed by atoms with E-state index >= 15 is 0 Å². The Balaban J connectivity index is 3.73. The second kappa shape index (κ2) is 8.27. The van der Waals surface area contributed by atoms with E-state index in [1.54, 1.807) is 6.92 Å². The minimum atomic E-state index is -0.182. The van der Waals surface area contributed by atoms with Crippen LogP contribution in [0.25, 0.3) is 0 Å². The molecule has 0 spiro atoms. The van der Waals surface area contributed by atoms with E-state index in [0.29, 0.717) is 18.3 Å². The van der Waals surface area contributed by atoms with E-state index in [4.69, 9.17) is 4.74 Å². The molecule has 0 fully saturated rings. The molecule has 0 bridgehead atoms. The van der Waals surface area contributed by atoms with Crippen molar-refractivity contribution in [3.63, 3.8) is 0 Å². The van der Waals surface area contributed by atoms with E-state index in [2.05, 4.69) is 20.4 Å². The number of carbonyl (C=O) groups is 1. The Kier molecular flexibility index (Phi) is 7.69. The molecule has 0 saturated carbocycles. The van der Waals surface area contributed by atoms with E-state index in [1.165, 1.54) is 6.26 Å². The van der Waals surface area contributed by atoms with Crippen molar-refractivity contribution in [2.24, 2.45) is 11.8 Å². The molecule has 86 valence electrons. The van der Waals surface area contributed by atoms with Gasteiger partial charge in [-0.1, -0.05) is 26.8 Å². The van der Waals surface area contributed by atoms with Gasteiger partial charge >= 0.3 is 5.97 Å². The molecule has 0 aromatic heterocycles. The highest BCUT2D eigenvalue weighted by Gasteiger charge is 2.08. The summed E-state index contributed by atoms with van der Waals surface area (Å²) in [5, 5.41) is 0. The van der Waals surface area contributed by atoms with Crippen molar-refractivity contribution in [1.82, 2.24) is 0 Å². The maximum atomic E-state index is 10.8. The van der Waals surface area contributed by atoms with Gasteiger partial charge in [0.25, 0.3) is 0 Å². The lowest BCUT2D eigenvalue weighted by Crippen LogP contribution is -2.05. The van der Waals surface area contributed by atoms with Crippen molar-refractivity contribution in [2.75, 3.05) is 0 Å². The quantitative estimate of drug-likeness (QED) is 0.364. The predicted molar refractivity (Wildman–Crippen MR) is 63.3 cm³/mol. The maximum absolute atomic E-state index is 10.8. The van der Waals surface area contributed by atoms with Crippen LogP contribution < -0.4 is 0 Å². The molecule has 0 saturated heterocycles. The predicted octanol–water partition coefficient (Wildman–Crippen LogP) is 3.69. The van der Waals surface area contributed by atoms with Crippen LogP contribution in [-0.2, 0) is 9.53 Å². The molecule has 2 atom stereocenters. The third kappa shape index (κ3) is 6.95. The van der Waals surface area contributed by atoms with Crippen LogP contribution in [0.3, 0.4) is 0 Å². The van der Waals surface area contributed by atoms with Gasteiger partial charge in [-0.15, -0.1) is 6.58 Å². The van der Waals surface area contributed by atoms with Gasteiger partial charge in [0.05, 0.1) is 6.26 Å². The molecule has 0 heterocycles. The molecule has 0 aromatic rings. The second-order valence-corrected chi connectivity index (χ2v) is 3.93.